The maximum atomic E-state index is 11.1. The van der Waals surface area contributed by atoms with E-state index >= 15 is 0 Å². The molecule has 2 heteroatoms. The predicted molar refractivity (Wildman–Crippen MR) is 59.9 cm³/mol. The Balaban J connectivity index is 2.99. The van der Waals surface area contributed by atoms with Gasteiger partial charge in [-0.2, -0.15) is 0 Å². The van der Waals surface area contributed by atoms with Crippen LogP contribution in [0.3, 0.4) is 0 Å². The molecule has 0 aromatic heterocycles. The number of esters is 1. The molecule has 0 atom stereocenters. The van der Waals surface area contributed by atoms with Crippen molar-refractivity contribution in [2.24, 2.45) is 0 Å². The summed E-state index contributed by atoms with van der Waals surface area (Å²) in [7, 11) is 1.34. The number of terminal acetylenes is 1. The van der Waals surface area contributed by atoms with Crippen molar-refractivity contribution in [2.75, 3.05) is 7.11 Å². The number of carbonyl (C=O) groups is 1. The second kappa shape index (κ2) is 5.66. The molecule has 0 aliphatic carbocycles. The highest BCUT2D eigenvalue weighted by Crippen LogP contribution is 2.17. The zero-order valence-corrected chi connectivity index (χ0v) is 8.57. The summed E-state index contributed by atoms with van der Waals surface area (Å²) in [5.74, 6) is 2.13. The van der Waals surface area contributed by atoms with Crippen LogP contribution in [0, 0.1) is 12.3 Å². The summed E-state index contributed by atoms with van der Waals surface area (Å²) in [5, 5.41) is 0. The maximum absolute atomic E-state index is 11.1. The number of hydrogen-bond acceptors (Lipinski definition) is 2. The number of rotatable bonds is 3. The fourth-order valence-corrected chi connectivity index (χ4v) is 1.20. The molecule has 0 amide bonds. The minimum Gasteiger partial charge on any atom is -0.466 e. The van der Waals surface area contributed by atoms with Crippen LogP contribution < -0.4 is 0 Å². The van der Waals surface area contributed by atoms with Crippen LogP contribution in [-0.4, -0.2) is 13.1 Å². The summed E-state index contributed by atoms with van der Waals surface area (Å²) in [6.45, 7) is 0. The second-order valence-corrected chi connectivity index (χ2v) is 2.94. The Morgan fingerprint density at radius 1 is 1.47 bits per heavy atom. The molecule has 15 heavy (non-hydrogen) atoms. The molecule has 76 valence electrons. The van der Waals surface area contributed by atoms with E-state index < -0.39 is 0 Å². The molecule has 0 radical (unpaired) electrons. The van der Waals surface area contributed by atoms with Gasteiger partial charge in [0.25, 0.3) is 0 Å². The molecule has 0 aliphatic heterocycles. The molecule has 0 saturated carbocycles. The maximum Gasteiger partial charge on any atom is 0.330 e. The molecule has 0 heterocycles. The van der Waals surface area contributed by atoms with Crippen molar-refractivity contribution in [2.45, 2.75) is 6.42 Å². The molecule has 0 N–H and O–H groups in total. The standard InChI is InChI=1S/C13H12O2/c1-3-7-12(10-13(14)15-2)11-8-5-4-6-9-11/h1,4-6,8-10H,7H2,2H3/b12-10-. The number of ether oxygens (including phenoxy) is 1. The number of allylic oxidation sites excluding steroid dienone is 1. The molecule has 1 aromatic carbocycles. The first-order valence-electron chi connectivity index (χ1n) is 4.55. The van der Waals surface area contributed by atoms with Crippen molar-refractivity contribution in [3.05, 3.63) is 42.0 Å². The minimum atomic E-state index is -0.385. The van der Waals surface area contributed by atoms with Crippen molar-refractivity contribution in [1.29, 1.82) is 0 Å². The van der Waals surface area contributed by atoms with Crippen LogP contribution >= 0.6 is 0 Å². The summed E-state index contributed by atoms with van der Waals surface area (Å²) in [5.41, 5.74) is 1.74. The van der Waals surface area contributed by atoms with Crippen molar-refractivity contribution in [3.8, 4) is 12.3 Å². The summed E-state index contributed by atoms with van der Waals surface area (Å²) < 4.78 is 4.56. The van der Waals surface area contributed by atoms with Gasteiger partial charge in [0.1, 0.15) is 0 Å². The predicted octanol–water partition coefficient (Wildman–Crippen LogP) is 2.27. The lowest BCUT2D eigenvalue weighted by molar-refractivity contribution is -0.134. The smallest absolute Gasteiger partial charge is 0.330 e. The van der Waals surface area contributed by atoms with Gasteiger partial charge in [-0.15, -0.1) is 12.3 Å². The second-order valence-electron chi connectivity index (χ2n) is 2.94. The number of methoxy groups -OCH3 is 1. The number of hydrogen-bond donors (Lipinski definition) is 0. The average molecular weight is 200 g/mol. The largest absolute Gasteiger partial charge is 0.466 e. The normalized spacial score (nSPS) is 10.5. The van der Waals surface area contributed by atoms with Gasteiger partial charge in [0.2, 0.25) is 0 Å². The van der Waals surface area contributed by atoms with E-state index in [1.807, 2.05) is 30.3 Å². The molecule has 1 aromatic rings. The molecule has 1 rings (SSSR count). The molecule has 0 bridgehead atoms. The topological polar surface area (TPSA) is 26.3 Å². The van der Waals surface area contributed by atoms with Crippen LogP contribution in [0.25, 0.3) is 5.57 Å². The van der Waals surface area contributed by atoms with Crippen molar-refractivity contribution < 1.29 is 9.53 Å². The fourth-order valence-electron chi connectivity index (χ4n) is 1.20. The Labute approximate surface area is 89.6 Å². The zero-order chi connectivity index (χ0) is 11.1. The van der Waals surface area contributed by atoms with Crippen LogP contribution in [0.4, 0.5) is 0 Å². The van der Waals surface area contributed by atoms with Crippen LogP contribution in [-0.2, 0) is 9.53 Å². The Bertz CT molecular complexity index is 396. The quantitative estimate of drug-likeness (QED) is 0.425. The summed E-state index contributed by atoms with van der Waals surface area (Å²) >= 11 is 0. The molecular formula is C13H12O2. The lowest BCUT2D eigenvalue weighted by atomic mass is 10.0. The SMILES string of the molecule is C#CC/C(=C/C(=O)OC)c1ccccc1. The van der Waals surface area contributed by atoms with E-state index in [0.29, 0.717) is 6.42 Å². The molecule has 0 unspecified atom stereocenters. The first-order valence-corrected chi connectivity index (χ1v) is 4.55. The third-order valence-electron chi connectivity index (χ3n) is 1.93. The van der Waals surface area contributed by atoms with Gasteiger partial charge >= 0.3 is 5.97 Å². The van der Waals surface area contributed by atoms with E-state index in [4.69, 9.17) is 6.42 Å². The Hall–Kier alpha value is -2.01. The highest BCUT2D eigenvalue weighted by molar-refractivity contribution is 5.91. The van der Waals surface area contributed by atoms with E-state index in [-0.39, 0.29) is 5.97 Å². The van der Waals surface area contributed by atoms with Crippen LogP contribution in [0.5, 0.6) is 0 Å². The van der Waals surface area contributed by atoms with E-state index in [1.54, 1.807) is 0 Å². The van der Waals surface area contributed by atoms with Crippen molar-refractivity contribution in [1.82, 2.24) is 0 Å². The monoisotopic (exact) mass is 200 g/mol. The third-order valence-corrected chi connectivity index (χ3v) is 1.93. The van der Waals surface area contributed by atoms with Gasteiger partial charge in [-0.3, -0.25) is 0 Å². The van der Waals surface area contributed by atoms with Crippen LogP contribution in [0.1, 0.15) is 12.0 Å². The first kappa shape index (κ1) is 11.1. The van der Waals surface area contributed by atoms with E-state index in [9.17, 15) is 4.79 Å². The van der Waals surface area contributed by atoms with Gasteiger partial charge in [0.15, 0.2) is 0 Å². The summed E-state index contributed by atoms with van der Waals surface area (Å²) in [4.78, 5) is 11.1. The van der Waals surface area contributed by atoms with Crippen molar-refractivity contribution in [3.63, 3.8) is 0 Å². The highest BCUT2D eigenvalue weighted by Gasteiger charge is 2.02. The molecule has 0 fully saturated rings. The first-order chi connectivity index (χ1) is 7.27. The Morgan fingerprint density at radius 2 is 2.13 bits per heavy atom. The van der Waals surface area contributed by atoms with Crippen LogP contribution in [0.2, 0.25) is 0 Å². The van der Waals surface area contributed by atoms with Crippen molar-refractivity contribution >= 4 is 11.5 Å². The number of benzene rings is 1. The van der Waals surface area contributed by atoms with E-state index in [1.165, 1.54) is 13.2 Å². The summed E-state index contributed by atoms with van der Waals surface area (Å²) in [6.07, 6.45) is 7.08. The lowest BCUT2D eigenvalue weighted by Crippen LogP contribution is -1.97. The highest BCUT2D eigenvalue weighted by atomic mass is 16.5. The number of carbonyl (C=O) groups excluding carboxylic acids is 1. The fraction of sp³-hybridized carbons (Fsp3) is 0.154. The van der Waals surface area contributed by atoms with E-state index in [0.717, 1.165) is 11.1 Å². The van der Waals surface area contributed by atoms with Crippen LogP contribution in [0.15, 0.2) is 36.4 Å². The molecule has 0 spiro atoms. The Morgan fingerprint density at radius 3 is 2.67 bits per heavy atom. The van der Waals surface area contributed by atoms with Gasteiger partial charge in [-0.1, -0.05) is 30.3 Å². The molecule has 0 aliphatic rings. The van der Waals surface area contributed by atoms with Gasteiger partial charge in [-0.05, 0) is 11.1 Å². The average Bonchev–Trinajstić information content (AvgIpc) is 2.29. The van der Waals surface area contributed by atoms with Gasteiger partial charge in [0, 0.05) is 12.5 Å². The third kappa shape index (κ3) is 3.32. The van der Waals surface area contributed by atoms with Gasteiger partial charge < -0.3 is 4.74 Å². The summed E-state index contributed by atoms with van der Waals surface area (Å²) in [6, 6.07) is 9.53. The molecule has 2 nitrogen and oxygen atoms in total. The van der Waals surface area contributed by atoms with E-state index in [2.05, 4.69) is 10.7 Å². The zero-order valence-electron chi connectivity index (χ0n) is 8.57. The molecule has 0 saturated heterocycles. The Kier molecular flexibility index (Phi) is 4.18. The lowest BCUT2D eigenvalue weighted by Gasteiger charge is -2.03. The molecular weight excluding hydrogens is 188 g/mol. The van der Waals surface area contributed by atoms with Gasteiger partial charge in [0.05, 0.1) is 7.11 Å². The van der Waals surface area contributed by atoms with Gasteiger partial charge in [-0.25, -0.2) is 4.79 Å². The minimum absolute atomic E-state index is 0.385.